The molecular weight excluding hydrogens is 467 g/mol. The second-order valence-corrected chi connectivity index (χ2v) is 9.34. The minimum atomic E-state index is -0.536. The molecule has 176 valence electrons. The molecule has 1 unspecified atom stereocenters. The van der Waals surface area contributed by atoms with Gasteiger partial charge in [0.25, 0.3) is 5.56 Å². The van der Waals surface area contributed by atoms with Gasteiger partial charge in [0.1, 0.15) is 17.4 Å². The van der Waals surface area contributed by atoms with Crippen LogP contribution in [0.25, 0.3) is 16.7 Å². The molecule has 6 rings (SSSR count). The number of ether oxygens (including phenoxy) is 2. The van der Waals surface area contributed by atoms with Crippen LogP contribution in [0.15, 0.2) is 71.5 Å². The van der Waals surface area contributed by atoms with Crippen molar-refractivity contribution < 1.29 is 13.9 Å². The van der Waals surface area contributed by atoms with Crippen LogP contribution in [0, 0.1) is 5.82 Å². The first-order chi connectivity index (χ1) is 17.1. The Morgan fingerprint density at radius 3 is 2.71 bits per heavy atom. The minimum absolute atomic E-state index is 0.113. The molecule has 0 N–H and O–H groups in total. The van der Waals surface area contributed by atoms with E-state index in [-0.39, 0.29) is 18.0 Å². The van der Waals surface area contributed by atoms with Gasteiger partial charge in [0, 0.05) is 29.5 Å². The summed E-state index contributed by atoms with van der Waals surface area (Å²) in [6.45, 7) is 0.277. The molecular formula is C26H21FN4O3S. The maximum atomic E-state index is 14.4. The highest BCUT2D eigenvalue weighted by atomic mass is 32.2. The van der Waals surface area contributed by atoms with E-state index < -0.39 is 6.29 Å². The van der Waals surface area contributed by atoms with Gasteiger partial charge >= 0.3 is 0 Å². The van der Waals surface area contributed by atoms with Crippen molar-refractivity contribution >= 4 is 28.4 Å². The number of aryl methyl sites for hydroxylation is 1. The minimum Gasteiger partial charge on any atom is -0.460 e. The Hall–Kier alpha value is -3.69. The van der Waals surface area contributed by atoms with E-state index >= 15 is 0 Å². The molecule has 0 fully saturated rings. The number of hydrogen-bond donors (Lipinski definition) is 0. The number of halogens is 1. The molecule has 3 aromatic carbocycles. The Labute approximate surface area is 204 Å². The number of thioether (sulfide) groups is 1. The van der Waals surface area contributed by atoms with Crippen LogP contribution in [0.3, 0.4) is 0 Å². The Kier molecular flexibility index (Phi) is 5.50. The lowest BCUT2D eigenvalue weighted by Crippen LogP contribution is -2.20. The maximum absolute atomic E-state index is 14.4. The number of fused-ring (bicyclic) bond motifs is 4. The maximum Gasteiger partial charge on any atom is 0.262 e. The van der Waals surface area contributed by atoms with E-state index in [4.69, 9.17) is 9.47 Å². The summed E-state index contributed by atoms with van der Waals surface area (Å²) in [5.74, 6) is 2.58. The summed E-state index contributed by atoms with van der Waals surface area (Å²) in [7, 11) is 1.69. The molecule has 1 atom stereocenters. The Morgan fingerprint density at radius 1 is 1.06 bits per heavy atom. The summed E-state index contributed by atoms with van der Waals surface area (Å²) < 4.78 is 29.8. The predicted octanol–water partition coefficient (Wildman–Crippen LogP) is 4.76. The van der Waals surface area contributed by atoms with Gasteiger partial charge in [-0.3, -0.25) is 13.8 Å². The fourth-order valence-corrected chi connectivity index (χ4v) is 5.30. The Bertz CT molecular complexity index is 1620. The van der Waals surface area contributed by atoms with Gasteiger partial charge < -0.3 is 9.47 Å². The van der Waals surface area contributed by atoms with Crippen molar-refractivity contribution in [3.8, 4) is 5.75 Å². The molecule has 0 aliphatic carbocycles. The lowest BCUT2D eigenvalue weighted by atomic mass is 10.1. The highest BCUT2D eigenvalue weighted by Gasteiger charge is 2.25. The summed E-state index contributed by atoms with van der Waals surface area (Å²) in [4.78, 5) is 12.7. The lowest BCUT2D eigenvalue weighted by molar-refractivity contribution is -0.112. The quantitative estimate of drug-likeness (QED) is 0.355. The zero-order valence-electron chi connectivity index (χ0n) is 18.8. The largest absolute Gasteiger partial charge is 0.460 e. The second-order valence-electron chi connectivity index (χ2n) is 8.35. The molecule has 5 aromatic rings. The average Bonchev–Trinajstić information content (AvgIpc) is 3.32. The molecule has 1 aliphatic rings. The molecule has 3 heterocycles. The van der Waals surface area contributed by atoms with Crippen molar-refractivity contribution in [3.63, 3.8) is 0 Å². The number of nitrogens with zero attached hydrogens (tertiary/aromatic N) is 4. The van der Waals surface area contributed by atoms with Crippen molar-refractivity contribution in [3.05, 3.63) is 105 Å². The fourth-order valence-electron chi connectivity index (χ4n) is 4.40. The molecule has 9 heteroatoms. The van der Waals surface area contributed by atoms with Crippen molar-refractivity contribution in [2.75, 3.05) is 0 Å². The van der Waals surface area contributed by atoms with E-state index in [9.17, 15) is 9.18 Å². The third-order valence-corrected chi connectivity index (χ3v) is 7.05. The average molecular weight is 489 g/mol. The molecule has 0 radical (unpaired) electrons. The van der Waals surface area contributed by atoms with Crippen LogP contribution < -0.4 is 10.3 Å². The molecule has 0 saturated heterocycles. The molecule has 0 spiro atoms. The van der Waals surface area contributed by atoms with Crippen molar-refractivity contribution in [1.29, 1.82) is 0 Å². The van der Waals surface area contributed by atoms with E-state index in [0.29, 0.717) is 39.8 Å². The fraction of sp³-hybridized carbons (Fsp3) is 0.192. The summed E-state index contributed by atoms with van der Waals surface area (Å²) >= 11 is 1.58. The Morgan fingerprint density at radius 2 is 1.86 bits per heavy atom. The van der Waals surface area contributed by atoms with Crippen LogP contribution in [0.5, 0.6) is 5.75 Å². The molecule has 0 amide bonds. The predicted molar refractivity (Wildman–Crippen MR) is 132 cm³/mol. The van der Waals surface area contributed by atoms with Crippen LogP contribution in [0.4, 0.5) is 4.39 Å². The van der Waals surface area contributed by atoms with Crippen molar-refractivity contribution in [1.82, 2.24) is 19.2 Å². The van der Waals surface area contributed by atoms with E-state index in [1.807, 2.05) is 52.9 Å². The Balaban J connectivity index is 1.28. The first-order valence-corrected chi connectivity index (χ1v) is 12.3. The normalized spacial score (nSPS) is 15.3. The van der Waals surface area contributed by atoms with Crippen LogP contribution in [0.2, 0.25) is 0 Å². The van der Waals surface area contributed by atoms with E-state index in [1.54, 1.807) is 24.9 Å². The van der Waals surface area contributed by atoms with Crippen molar-refractivity contribution in [2.45, 2.75) is 24.4 Å². The van der Waals surface area contributed by atoms with Gasteiger partial charge in [-0.1, -0.05) is 42.5 Å². The summed E-state index contributed by atoms with van der Waals surface area (Å²) in [5, 5.41) is 9.19. The monoisotopic (exact) mass is 488 g/mol. The van der Waals surface area contributed by atoms with Gasteiger partial charge in [0.05, 0.1) is 23.3 Å². The zero-order valence-corrected chi connectivity index (χ0v) is 19.7. The van der Waals surface area contributed by atoms with Crippen molar-refractivity contribution in [2.24, 2.45) is 7.05 Å². The van der Waals surface area contributed by atoms with Crippen LogP contribution in [-0.2, 0) is 29.9 Å². The topological polar surface area (TPSA) is 70.7 Å². The molecule has 7 nitrogen and oxygen atoms in total. The van der Waals surface area contributed by atoms with E-state index in [1.165, 1.54) is 16.7 Å². The second kappa shape index (κ2) is 8.83. The number of benzene rings is 3. The first kappa shape index (κ1) is 21.8. The summed E-state index contributed by atoms with van der Waals surface area (Å²) in [5.41, 5.74) is 3.02. The smallest absolute Gasteiger partial charge is 0.262 e. The van der Waals surface area contributed by atoms with Crippen LogP contribution in [0.1, 0.15) is 28.8 Å². The molecule has 0 bridgehead atoms. The summed E-state index contributed by atoms with van der Waals surface area (Å²) in [6.07, 6.45) is -0.536. The highest BCUT2D eigenvalue weighted by Crippen LogP contribution is 2.38. The molecule has 0 saturated carbocycles. The standard InChI is InChI=1S/C26H21FN4O3S/c1-30-24(32)20-9-5-6-10-21(20)31-22(28-29-26(30)31)15-35-14-18-12-19(27)11-17-13-33-25(34-23(17)18)16-7-3-2-4-8-16/h2-12,25H,13-15H2,1H3. The third-order valence-electron chi connectivity index (χ3n) is 6.08. The first-order valence-electron chi connectivity index (χ1n) is 11.1. The van der Waals surface area contributed by atoms with Gasteiger partial charge in [0.15, 0.2) is 0 Å². The van der Waals surface area contributed by atoms with Gasteiger partial charge in [0.2, 0.25) is 12.1 Å². The van der Waals surface area contributed by atoms with Gasteiger partial charge in [-0.05, 0) is 24.3 Å². The third kappa shape index (κ3) is 3.86. The number of hydrogen-bond acceptors (Lipinski definition) is 6. The summed E-state index contributed by atoms with van der Waals surface area (Å²) in [6, 6.07) is 20.1. The van der Waals surface area contributed by atoms with Crippen LogP contribution in [-0.4, -0.2) is 19.2 Å². The number of rotatable bonds is 5. The molecule has 1 aliphatic heterocycles. The number of aromatic nitrogens is 4. The van der Waals surface area contributed by atoms with Crippen LogP contribution >= 0.6 is 11.8 Å². The van der Waals surface area contributed by atoms with Gasteiger partial charge in [-0.2, -0.15) is 0 Å². The zero-order chi connectivity index (χ0) is 23.9. The van der Waals surface area contributed by atoms with E-state index in [2.05, 4.69) is 10.2 Å². The van der Waals surface area contributed by atoms with Gasteiger partial charge in [-0.15, -0.1) is 22.0 Å². The SMILES string of the molecule is Cn1c(=O)c2ccccc2n2c(CSCc3cc(F)cc4c3OC(c3ccccc3)OC4)nnc12. The lowest BCUT2D eigenvalue weighted by Gasteiger charge is -2.28. The van der Waals surface area contributed by atoms with Gasteiger partial charge in [-0.25, -0.2) is 4.39 Å². The highest BCUT2D eigenvalue weighted by molar-refractivity contribution is 7.97. The molecule has 35 heavy (non-hydrogen) atoms. The van der Waals surface area contributed by atoms with E-state index in [0.717, 1.165) is 16.6 Å². The molecule has 2 aromatic heterocycles. The number of para-hydroxylation sites is 1.